The number of nitrogens with zero attached hydrogens (tertiary/aromatic N) is 1. The second-order valence-electron chi connectivity index (χ2n) is 4.82. The van der Waals surface area contributed by atoms with Crippen LogP contribution in [-0.4, -0.2) is 33.5 Å². The van der Waals surface area contributed by atoms with Crippen LogP contribution in [0.4, 0.5) is 0 Å². The number of ketones is 1. The maximum absolute atomic E-state index is 11.6. The van der Waals surface area contributed by atoms with Gasteiger partial charge < -0.3 is 4.90 Å². The van der Waals surface area contributed by atoms with Crippen LogP contribution in [0.2, 0.25) is 0 Å². The van der Waals surface area contributed by atoms with E-state index in [9.17, 15) is 9.59 Å². The molecule has 1 saturated heterocycles. The molecule has 2 saturated carbocycles. The zero-order chi connectivity index (χ0) is 11.2. The van der Waals surface area contributed by atoms with Gasteiger partial charge in [-0.15, -0.1) is 23.2 Å². The van der Waals surface area contributed by atoms with Crippen LogP contribution in [0.1, 0.15) is 13.8 Å². The number of Topliss-reactive ketones (excluding diaryl/α,β-unsaturated/α-hetero) is 1. The van der Waals surface area contributed by atoms with Crippen LogP contribution in [0.3, 0.4) is 0 Å². The van der Waals surface area contributed by atoms with Crippen molar-refractivity contribution in [2.45, 2.75) is 24.2 Å². The molecule has 1 aliphatic heterocycles. The molecule has 1 spiro atoms. The summed E-state index contributed by atoms with van der Waals surface area (Å²) < 4.78 is -0.766. The van der Waals surface area contributed by atoms with E-state index in [4.69, 9.17) is 23.2 Å². The average molecular weight is 248 g/mol. The van der Waals surface area contributed by atoms with E-state index in [0.717, 1.165) is 0 Å². The van der Waals surface area contributed by atoms with Crippen LogP contribution in [0.25, 0.3) is 0 Å². The lowest BCUT2D eigenvalue weighted by molar-refractivity contribution is -0.136. The molecule has 3 aliphatic rings. The molecule has 82 valence electrons. The third-order valence-electron chi connectivity index (χ3n) is 4.25. The van der Waals surface area contributed by atoms with Gasteiger partial charge in [0.2, 0.25) is 5.91 Å². The van der Waals surface area contributed by atoms with Gasteiger partial charge in [0.15, 0.2) is 5.78 Å². The highest BCUT2D eigenvalue weighted by Crippen LogP contribution is 2.94. The molecule has 3 fully saturated rings. The van der Waals surface area contributed by atoms with Crippen LogP contribution in [0.5, 0.6) is 0 Å². The Bertz CT molecular complexity index is 395. The minimum atomic E-state index is -0.766. The summed E-state index contributed by atoms with van der Waals surface area (Å²) in [6.07, 6.45) is 0. The molecule has 3 nitrogen and oxygen atoms in total. The van der Waals surface area contributed by atoms with Gasteiger partial charge in [-0.1, -0.05) is 0 Å². The summed E-state index contributed by atoms with van der Waals surface area (Å²) in [5, 5.41) is 0. The molecule has 0 aromatic heterocycles. The number of piperidine rings is 1. The number of fused-ring (bicyclic) bond motifs is 1. The highest BCUT2D eigenvalue weighted by Gasteiger charge is 3.00. The van der Waals surface area contributed by atoms with Crippen molar-refractivity contribution in [2.24, 2.45) is 17.3 Å². The first-order valence-electron chi connectivity index (χ1n) is 5.02. The fourth-order valence-electron chi connectivity index (χ4n) is 3.61. The van der Waals surface area contributed by atoms with Gasteiger partial charge in [0.05, 0.1) is 6.04 Å². The van der Waals surface area contributed by atoms with Crippen molar-refractivity contribution in [3.63, 3.8) is 0 Å². The lowest BCUT2D eigenvalue weighted by atomic mass is 9.99. The smallest absolute Gasteiger partial charge is 0.220 e. The second kappa shape index (κ2) is 2.35. The van der Waals surface area contributed by atoms with E-state index in [2.05, 4.69) is 0 Å². The Labute approximate surface area is 97.7 Å². The number of alkyl halides is 2. The highest BCUT2D eigenvalue weighted by molar-refractivity contribution is 6.53. The van der Waals surface area contributed by atoms with Gasteiger partial charge in [-0.05, 0) is 12.8 Å². The number of amides is 1. The molecular formula is C10H11Cl2NO2. The number of halogens is 2. The van der Waals surface area contributed by atoms with Gasteiger partial charge in [0.1, 0.15) is 4.33 Å². The van der Waals surface area contributed by atoms with Gasteiger partial charge in [-0.3, -0.25) is 9.59 Å². The third kappa shape index (κ3) is 0.794. The number of carbonyl (C=O) groups is 2. The molecule has 4 atom stereocenters. The molecule has 1 amide bonds. The topological polar surface area (TPSA) is 37.4 Å². The molecule has 3 rings (SSSR count). The number of rotatable bonds is 1. The normalized spacial score (nSPS) is 48.3. The monoisotopic (exact) mass is 247 g/mol. The molecule has 1 heterocycles. The summed E-state index contributed by atoms with van der Waals surface area (Å²) >= 11 is 12.2. The van der Waals surface area contributed by atoms with Crippen molar-refractivity contribution in [3.05, 3.63) is 0 Å². The Hall–Kier alpha value is -0.280. The first kappa shape index (κ1) is 9.91. The Morgan fingerprint density at radius 2 is 1.93 bits per heavy atom. The van der Waals surface area contributed by atoms with Gasteiger partial charge >= 0.3 is 0 Å². The van der Waals surface area contributed by atoms with E-state index >= 15 is 0 Å². The molecule has 5 heteroatoms. The minimum Gasteiger partial charge on any atom is -0.332 e. The van der Waals surface area contributed by atoms with Crippen LogP contribution >= 0.6 is 23.2 Å². The van der Waals surface area contributed by atoms with Crippen LogP contribution in [0.15, 0.2) is 0 Å². The third-order valence-corrected chi connectivity index (χ3v) is 5.38. The highest BCUT2D eigenvalue weighted by atomic mass is 35.5. The van der Waals surface area contributed by atoms with E-state index in [-0.39, 0.29) is 29.1 Å². The summed E-state index contributed by atoms with van der Waals surface area (Å²) in [7, 11) is 0. The van der Waals surface area contributed by atoms with Crippen molar-refractivity contribution in [1.29, 1.82) is 0 Å². The van der Waals surface area contributed by atoms with E-state index in [1.807, 2.05) is 0 Å². The largest absolute Gasteiger partial charge is 0.332 e. The molecule has 0 N–H and O–H groups in total. The number of hydrogen-bond donors (Lipinski definition) is 0. The van der Waals surface area contributed by atoms with Crippen molar-refractivity contribution in [3.8, 4) is 0 Å². The number of carbonyl (C=O) groups excluding carboxylic acids is 2. The first-order valence-corrected chi connectivity index (χ1v) is 5.78. The molecule has 0 bridgehead atoms. The Morgan fingerprint density at radius 3 is 2.33 bits per heavy atom. The Balaban J connectivity index is 1.97. The minimum absolute atomic E-state index is 0.00150. The summed E-state index contributed by atoms with van der Waals surface area (Å²) in [6.45, 7) is 3.64. The van der Waals surface area contributed by atoms with Crippen LogP contribution in [0, 0.1) is 17.3 Å². The lowest BCUT2D eigenvalue weighted by Crippen LogP contribution is -2.43. The van der Waals surface area contributed by atoms with E-state index in [0.29, 0.717) is 12.5 Å². The van der Waals surface area contributed by atoms with E-state index < -0.39 is 4.33 Å². The van der Waals surface area contributed by atoms with Crippen molar-refractivity contribution >= 4 is 34.9 Å². The summed E-state index contributed by atoms with van der Waals surface area (Å²) in [4.78, 5) is 24.6. The van der Waals surface area contributed by atoms with E-state index in [1.54, 1.807) is 4.90 Å². The average Bonchev–Trinajstić information content (AvgIpc) is 2.85. The maximum atomic E-state index is 11.6. The fraction of sp³-hybridized carbons (Fsp3) is 0.800. The quantitative estimate of drug-likeness (QED) is 0.654. The SMILES string of the molecule is CC(=O)[C@H]1N(C(C)=O)C[C@@H]2C3C(Cl)(Cl)[C@@]321. The zero-order valence-corrected chi connectivity index (χ0v) is 9.97. The number of likely N-dealkylation sites (tertiary alicyclic amines) is 1. The molecule has 2 aliphatic carbocycles. The molecule has 0 aromatic rings. The molecular weight excluding hydrogens is 237 g/mol. The fourth-order valence-corrected chi connectivity index (χ4v) is 4.89. The van der Waals surface area contributed by atoms with Gasteiger partial charge in [0, 0.05) is 24.8 Å². The van der Waals surface area contributed by atoms with Crippen LogP contribution in [-0.2, 0) is 9.59 Å². The molecule has 1 unspecified atom stereocenters. The van der Waals surface area contributed by atoms with Crippen molar-refractivity contribution in [1.82, 2.24) is 4.90 Å². The summed E-state index contributed by atoms with van der Waals surface area (Å²) in [6, 6.07) is -0.389. The first-order chi connectivity index (χ1) is 6.86. The molecule has 0 radical (unpaired) electrons. The predicted molar refractivity (Wildman–Crippen MR) is 55.7 cm³/mol. The second-order valence-corrected chi connectivity index (χ2v) is 6.21. The van der Waals surface area contributed by atoms with Gasteiger partial charge in [0.25, 0.3) is 0 Å². The summed E-state index contributed by atoms with van der Waals surface area (Å²) in [5.41, 5.74) is -0.298. The molecule has 15 heavy (non-hydrogen) atoms. The van der Waals surface area contributed by atoms with Crippen molar-refractivity contribution in [2.75, 3.05) is 6.54 Å². The summed E-state index contributed by atoms with van der Waals surface area (Å²) in [5.74, 6) is 0.521. The molecule has 0 aromatic carbocycles. The maximum Gasteiger partial charge on any atom is 0.220 e. The van der Waals surface area contributed by atoms with Gasteiger partial charge in [-0.25, -0.2) is 0 Å². The number of hydrogen-bond acceptors (Lipinski definition) is 2. The zero-order valence-electron chi connectivity index (χ0n) is 8.46. The van der Waals surface area contributed by atoms with Crippen LogP contribution < -0.4 is 0 Å². The standard InChI is InChI=1S/C10H11Cl2NO2/c1-4(14)8-9-6(3-13(8)5(2)15)7(9)10(9,11)12/h6-8H,3H2,1-2H3/t6-,7?,8-,9-/m1/s1. The Kier molecular flexibility index (Phi) is 1.55. The van der Waals surface area contributed by atoms with Crippen molar-refractivity contribution < 1.29 is 9.59 Å². The van der Waals surface area contributed by atoms with E-state index in [1.165, 1.54) is 13.8 Å². The lowest BCUT2D eigenvalue weighted by Gasteiger charge is -2.24. The predicted octanol–water partition coefficient (Wildman–Crippen LogP) is 1.23. The van der Waals surface area contributed by atoms with Gasteiger partial charge in [-0.2, -0.15) is 0 Å². The Morgan fingerprint density at radius 1 is 1.33 bits per heavy atom.